The maximum absolute atomic E-state index is 4.03. The summed E-state index contributed by atoms with van der Waals surface area (Å²) in [6.45, 7) is 6.26. The lowest BCUT2D eigenvalue weighted by Gasteiger charge is -1.98. The minimum atomic E-state index is 0.507. The van der Waals surface area contributed by atoms with Gasteiger partial charge in [-0.3, -0.25) is 5.10 Å². The average Bonchev–Trinajstić information content (AvgIpc) is 2.13. The van der Waals surface area contributed by atoms with Crippen molar-refractivity contribution in [3.8, 4) is 0 Å². The highest BCUT2D eigenvalue weighted by Gasteiger charge is 2.04. The highest BCUT2D eigenvalue weighted by atomic mass is 15.1. The van der Waals surface area contributed by atoms with E-state index in [2.05, 4.69) is 30.2 Å². The fourth-order valence-electron chi connectivity index (χ4n) is 0.882. The molecule has 0 amide bonds. The molecule has 1 aromatic rings. The fourth-order valence-corrected chi connectivity index (χ4v) is 0.882. The molecule has 1 radical (unpaired) electrons. The van der Waals surface area contributed by atoms with Gasteiger partial charge in [0.25, 0.3) is 0 Å². The van der Waals surface area contributed by atoms with Crippen LogP contribution in [-0.2, 0) is 0 Å². The first kappa shape index (κ1) is 6.33. The molecular formula is C7H11N2. The van der Waals surface area contributed by atoms with Gasteiger partial charge in [-0.05, 0) is 18.4 Å². The van der Waals surface area contributed by atoms with E-state index in [1.54, 1.807) is 0 Å². The topological polar surface area (TPSA) is 28.7 Å². The quantitative estimate of drug-likeness (QED) is 0.604. The molecule has 0 bridgehead atoms. The summed E-state index contributed by atoms with van der Waals surface area (Å²) in [4.78, 5) is 0. The minimum absolute atomic E-state index is 0.507. The Labute approximate surface area is 55.3 Å². The van der Waals surface area contributed by atoms with E-state index in [0.717, 1.165) is 11.3 Å². The zero-order valence-electron chi connectivity index (χ0n) is 6.02. The molecule has 0 saturated heterocycles. The van der Waals surface area contributed by atoms with Gasteiger partial charge < -0.3 is 0 Å². The number of aryl methyl sites for hydroxylation is 1. The Bertz CT molecular complexity index is 189. The molecule has 0 aliphatic heterocycles. The summed E-state index contributed by atoms with van der Waals surface area (Å²) in [7, 11) is 0. The van der Waals surface area contributed by atoms with E-state index in [0.29, 0.717) is 5.92 Å². The highest BCUT2D eigenvalue weighted by molar-refractivity contribution is 5.15. The van der Waals surface area contributed by atoms with Gasteiger partial charge in [-0.25, -0.2) is 0 Å². The van der Waals surface area contributed by atoms with E-state index < -0.39 is 0 Å². The molecule has 2 nitrogen and oxygen atoms in total. The van der Waals surface area contributed by atoms with Gasteiger partial charge in [-0.15, -0.1) is 0 Å². The Morgan fingerprint density at radius 2 is 2.22 bits per heavy atom. The van der Waals surface area contributed by atoms with Crippen molar-refractivity contribution in [2.75, 3.05) is 0 Å². The highest BCUT2D eigenvalue weighted by Crippen LogP contribution is 2.13. The standard InChI is InChI=1S/C7H11N2/c1-5(2)7-6(3)4-8-9-7/h5H,1-3H3,(H,8,9). The van der Waals surface area contributed by atoms with Crippen molar-refractivity contribution >= 4 is 0 Å². The summed E-state index contributed by atoms with van der Waals surface area (Å²) in [6, 6.07) is 0. The SMILES string of the molecule is Cc1[c][nH]nc1C(C)C. The summed E-state index contributed by atoms with van der Waals surface area (Å²) in [5.41, 5.74) is 2.25. The van der Waals surface area contributed by atoms with Gasteiger partial charge >= 0.3 is 0 Å². The summed E-state index contributed by atoms with van der Waals surface area (Å²) >= 11 is 0. The van der Waals surface area contributed by atoms with Crippen LogP contribution in [0.15, 0.2) is 0 Å². The number of hydrogen-bond donors (Lipinski definition) is 1. The Balaban J connectivity index is 2.94. The second kappa shape index (κ2) is 2.21. The second-order valence-electron chi connectivity index (χ2n) is 2.51. The molecule has 0 unspecified atom stereocenters. The van der Waals surface area contributed by atoms with Crippen molar-refractivity contribution in [3.05, 3.63) is 17.5 Å². The predicted octanol–water partition coefficient (Wildman–Crippen LogP) is 1.64. The lowest BCUT2D eigenvalue weighted by Crippen LogP contribution is -1.89. The van der Waals surface area contributed by atoms with Crippen LogP contribution in [0, 0.1) is 13.1 Å². The molecule has 0 aromatic carbocycles. The molecule has 1 rings (SSSR count). The van der Waals surface area contributed by atoms with Crippen molar-refractivity contribution in [1.82, 2.24) is 10.2 Å². The van der Waals surface area contributed by atoms with Gasteiger partial charge in [0, 0.05) is 0 Å². The molecule has 0 fully saturated rings. The van der Waals surface area contributed by atoms with Gasteiger partial charge in [0.15, 0.2) is 0 Å². The minimum Gasteiger partial charge on any atom is -0.276 e. The summed E-state index contributed by atoms with van der Waals surface area (Å²) in [5.74, 6) is 0.507. The average molecular weight is 123 g/mol. The van der Waals surface area contributed by atoms with E-state index in [1.165, 1.54) is 0 Å². The van der Waals surface area contributed by atoms with Crippen LogP contribution in [0.5, 0.6) is 0 Å². The lowest BCUT2D eigenvalue weighted by molar-refractivity contribution is 0.804. The summed E-state index contributed by atoms with van der Waals surface area (Å²) in [6.07, 6.45) is 2.91. The number of aromatic amines is 1. The molecule has 9 heavy (non-hydrogen) atoms. The van der Waals surface area contributed by atoms with Crippen molar-refractivity contribution in [2.24, 2.45) is 0 Å². The zero-order chi connectivity index (χ0) is 6.85. The third-order valence-corrected chi connectivity index (χ3v) is 1.35. The summed E-state index contributed by atoms with van der Waals surface area (Å²) in [5, 5.41) is 6.74. The van der Waals surface area contributed by atoms with E-state index in [9.17, 15) is 0 Å². The Kier molecular flexibility index (Phi) is 1.56. The van der Waals surface area contributed by atoms with Crippen LogP contribution in [0.3, 0.4) is 0 Å². The van der Waals surface area contributed by atoms with E-state index in [-0.39, 0.29) is 0 Å². The van der Waals surface area contributed by atoms with Crippen molar-refractivity contribution in [2.45, 2.75) is 26.7 Å². The number of nitrogens with one attached hydrogen (secondary N) is 1. The van der Waals surface area contributed by atoms with E-state index in [1.807, 2.05) is 6.92 Å². The van der Waals surface area contributed by atoms with E-state index >= 15 is 0 Å². The Morgan fingerprint density at radius 3 is 2.44 bits per heavy atom. The molecule has 1 aromatic heterocycles. The van der Waals surface area contributed by atoms with Crippen molar-refractivity contribution in [3.63, 3.8) is 0 Å². The number of hydrogen-bond acceptors (Lipinski definition) is 1. The summed E-state index contributed by atoms with van der Waals surface area (Å²) < 4.78 is 0. The van der Waals surface area contributed by atoms with Crippen LogP contribution in [0.25, 0.3) is 0 Å². The number of H-pyrrole nitrogens is 1. The van der Waals surface area contributed by atoms with Gasteiger partial charge in [-0.1, -0.05) is 13.8 Å². The second-order valence-corrected chi connectivity index (χ2v) is 2.51. The van der Waals surface area contributed by atoms with Gasteiger partial charge in [-0.2, -0.15) is 5.10 Å². The predicted molar refractivity (Wildman–Crippen MR) is 36.2 cm³/mol. The molecule has 0 aliphatic carbocycles. The van der Waals surface area contributed by atoms with Crippen LogP contribution in [0.1, 0.15) is 31.0 Å². The lowest BCUT2D eigenvalue weighted by atomic mass is 10.1. The third-order valence-electron chi connectivity index (χ3n) is 1.35. The van der Waals surface area contributed by atoms with Crippen LogP contribution < -0.4 is 0 Å². The monoisotopic (exact) mass is 123 g/mol. The van der Waals surface area contributed by atoms with Crippen LogP contribution in [-0.4, -0.2) is 10.2 Å². The van der Waals surface area contributed by atoms with Crippen molar-refractivity contribution in [1.29, 1.82) is 0 Å². The molecule has 2 heteroatoms. The molecule has 49 valence electrons. The number of aromatic nitrogens is 2. The molecular weight excluding hydrogens is 112 g/mol. The largest absolute Gasteiger partial charge is 0.276 e. The fraction of sp³-hybridized carbons (Fsp3) is 0.571. The smallest absolute Gasteiger partial charge is 0.0863 e. The molecule has 0 atom stereocenters. The van der Waals surface area contributed by atoms with Crippen LogP contribution in [0.2, 0.25) is 0 Å². The molecule has 0 saturated carbocycles. The first-order valence-corrected chi connectivity index (χ1v) is 3.14. The van der Waals surface area contributed by atoms with E-state index in [4.69, 9.17) is 0 Å². The van der Waals surface area contributed by atoms with Gasteiger partial charge in [0.2, 0.25) is 0 Å². The number of rotatable bonds is 1. The maximum atomic E-state index is 4.03. The normalized spacial score (nSPS) is 10.7. The molecule has 1 heterocycles. The first-order valence-electron chi connectivity index (χ1n) is 3.14. The Morgan fingerprint density at radius 1 is 1.56 bits per heavy atom. The van der Waals surface area contributed by atoms with Crippen LogP contribution in [0.4, 0.5) is 0 Å². The van der Waals surface area contributed by atoms with Gasteiger partial charge in [0.1, 0.15) is 0 Å². The van der Waals surface area contributed by atoms with Crippen molar-refractivity contribution < 1.29 is 0 Å². The third kappa shape index (κ3) is 1.12. The molecule has 0 aliphatic rings. The van der Waals surface area contributed by atoms with Crippen LogP contribution >= 0.6 is 0 Å². The first-order chi connectivity index (χ1) is 4.22. The zero-order valence-corrected chi connectivity index (χ0v) is 6.02. The van der Waals surface area contributed by atoms with Gasteiger partial charge in [0.05, 0.1) is 11.9 Å². The Hall–Kier alpha value is -0.790. The molecule has 0 spiro atoms. The number of nitrogens with zero attached hydrogens (tertiary/aromatic N) is 1. The maximum Gasteiger partial charge on any atom is 0.0863 e. The molecule has 1 N–H and O–H groups in total.